The molecule has 0 saturated heterocycles. The third-order valence-corrected chi connectivity index (χ3v) is 3.92. The molecule has 0 aliphatic rings. The Morgan fingerprint density at radius 3 is 2.70 bits per heavy atom. The highest BCUT2D eigenvalue weighted by Crippen LogP contribution is 2.14. The van der Waals surface area contributed by atoms with Crippen molar-refractivity contribution in [2.24, 2.45) is 0 Å². The average molecular weight is 413 g/mol. The van der Waals surface area contributed by atoms with Crippen molar-refractivity contribution in [1.29, 1.82) is 0 Å². The number of fused-ring (bicyclic) bond motifs is 1. The molecule has 4 N–H and O–H groups in total. The second-order valence-corrected chi connectivity index (χ2v) is 6.09. The van der Waals surface area contributed by atoms with Gasteiger partial charge in [-0.2, -0.15) is 5.10 Å². The van der Waals surface area contributed by atoms with Crippen molar-refractivity contribution >= 4 is 34.7 Å². The van der Waals surface area contributed by atoms with Crippen LogP contribution in [0.25, 0.3) is 10.9 Å². The monoisotopic (exact) mass is 413 g/mol. The number of urea groups is 1. The minimum Gasteiger partial charge on any atom is -0.467 e. The van der Waals surface area contributed by atoms with Gasteiger partial charge in [0.2, 0.25) is 0 Å². The van der Waals surface area contributed by atoms with Crippen LogP contribution < -0.4 is 16.0 Å². The van der Waals surface area contributed by atoms with E-state index in [1.807, 2.05) is 11.4 Å². The van der Waals surface area contributed by atoms with Crippen LogP contribution in [0.15, 0.2) is 47.1 Å². The lowest BCUT2D eigenvalue weighted by atomic mass is 10.2. The zero-order chi connectivity index (χ0) is 21.3. The maximum absolute atomic E-state index is 12.2. The Bertz CT molecular complexity index is 1040. The summed E-state index contributed by atoms with van der Waals surface area (Å²) >= 11 is 0. The van der Waals surface area contributed by atoms with Crippen LogP contribution in [0, 0.1) is 0 Å². The van der Waals surface area contributed by atoms with E-state index in [0.717, 1.165) is 5.52 Å². The van der Waals surface area contributed by atoms with Gasteiger partial charge in [-0.1, -0.05) is 18.2 Å². The summed E-state index contributed by atoms with van der Waals surface area (Å²) in [6.45, 7) is -0.508. The highest BCUT2D eigenvalue weighted by molar-refractivity contribution is 6.04. The molecule has 0 unspecified atom stereocenters. The normalized spacial score (nSPS) is 10.4. The number of carbonyl (C=O) groups excluding carboxylic acids is 4. The summed E-state index contributed by atoms with van der Waals surface area (Å²) < 4.78 is 9.81. The van der Waals surface area contributed by atoms with Gasteiger partial charge in [0.05, 0.1) is 24.7 Å². The zero-order valence-electron chi connectivity index (χ0n) is 15.8. The molecular formula is C19H19N5O6. The van der Waals surface area contributed by atoms with E-state index < -0.39 is 30.4 Å². The summed E-state index contributed by atoms with van der Waals surface area (Å²) in [5.74, 6) is -1.40. The summed E-state index contributed by atoms with van der Waals surface area (Å²) in [6, 6.07) is 9.73. The molecule has 3 aromatic rings. The molecule has 11 nitrogen and oxygen atoms in total. The highest BCUT2D eigenvalue weighted by Gasteiger charge is 2.15. The topological polar surface area (TPSA) is 155 Å². The van der Waals surface area contributed by atoms with Crippen molar-refractivity contribution < 1.29 is 28.3 Å². The van der Waals surface area contributed by atoms with Gasteiger partial charge >= 0.3 is 12.0 Å². The summed E-state index contributed by atoms with van der Waals surface area (Å²) in [4.78, 5) is 47.1. The average Bonchev–Trinajstić information content (AvgIpc) is 3.40. The number of nitrogens with one attached hydrogen (secondary N) is 4. The molecule has 30 heavy (non-hydrogen) atoms. The molecule has 2 aromatic heterocycles. The van der Waals surface area contributed by atoms with E-state index in [1.165, 1.54) is 6.26 Å². The van der Waals surface area contributed by atoms with Gasteiger partial charge < -0.3 is 19.8 Å². The first-order valence-electron chi connectivity index (χ1n) is 9.00. The molecule has 156 valence electrons. The third kappa shape index (κ3) is 5.67. The number of amides is 4. The molecule has 0 saturated carbocycles. The highest BCUT2D eigenvalue weighted by atomic mass is 16.5. The summed E-state index contributed by atoms with van der Waals surface area (Å²) in [7, 11) is 0. The van der Waals surface area contributed by atoms with Gasteiger partial charge in [-0.25, -0.2) is 4.79 Å². The van der Waals surface area contributed by atoms with Crippen molar-refractivity contribution in [2.45, 2.75) is 13.0 Å². The number of aromatic amines is 1. The molecule has 0 atom stereocenters. The van der Waals surface area contributed by atoms with Crippen molar-refractivity contribution in [2.75, 3.05) is 13.2 Å². The Labute approximate surface area is 170 Å². The van der Waals surface area contributed by atoms with E-state index in [0.29, 0.717) is 11.1 Å². The van der Waals surface area contributed by atoms with Gasteiger partial charge in [-0.3, -0.25) is 24.8 Å². The lowest BCUT2D eigenvalue weighted by molar-refractivity contribution is -0.148. The maximum atomic E-state index is 12.2. The fourth-order valence-electron chi connectivity index (χ4n) is 2.50. The Morgan fingerprint density at radius 2 is 1.90 bits per heavy atom. The molecular weight excluding hydrogens is 394 g/mol. The first kappa shape index (κ1) is 20.6. The minimum absolute atomic E-state index is 0.00407. The van der Waals surface area contributed by atoms with Gasteiger partial charge in [0, 0.05) is 11.9 Å². The van der Waals surface area contributed by atoms with E-state index in [2.05, 4.69) is 20.8 Å². The number of benzene rings is 1. The zero-order valence-corrected chi connectivity index (χ0v) is 15.8. The molecule has 0 fully saturated rings. The summed E-state index contributed by atoms with van der Waals surface area (Å²) in [5, 5.41) is 14.4. The molecule has 0 radical (unpaired) electrons. The first-order valence-corrected chi connectivity index (χ1v) is 9.00. The van der Waals surface area contributed by atoms with Gasteiger partial charge in [-0.05, 0) is 18.2 Å². The molecule has 1 aromatic carbocycles. The van der Waals surface area contributed by atoms with Crippen molar-refractivity contribution in [3.05, 3.63) is 54.1 Å². The number of hydrogen-bond donors (Lipinski definition) is 4. The smallest absolute Gasteiger partial charge is 0.321 e. The number of nitrogens with zero attached hydrogens (tertiary/aromatic N) is 1. The minimum atomic E-state index is -0.785. The number of esters is 1. The Kier molecular flexibility index (Phi) is 6.77. The number of ether oxygens (including phenoxy) is 1. The SMILES string of the molecule is O=C(COC(=O)CCNC(=O)c1n[nH]c2ccccc12)NC(=O)NCc1ccco1. The standard InChI is InChI=1S/C19H19N5O6/c25-15(22-19(28)21-10-12-4-3-9-29-12)11-30-16(26)7-8-20-18(27)17-13-5-1-2-6-14(13)23-24-17/h1-6,9H,7-8,10-11H2,(H,20,27)(H,23,24)(H2,21,22,25,28). The number of H-pyrrole nitrogens is 1. The van der Waals surface area contributed by atoms with Gasteiger partial charge in [0.15, 0.2) is 12.3 Å². The molecule has 3 rings (SSSR count). The van der Waals surface area contributed by atoms with Crippen LogP contribution in [0.1, 0.15) is 22.7 Å². The number of imide groups is 1. The lowest BCUT2D eigenvalue weighted by Crippen LogP contribution is -2.41. The number of carbonyl (C=O) groups is 4. The van der Waals surface area contributed by atoms with E-state index in [4.69, 9.17) is 9.15 Å². The van der Waals surface area contributed by atoms with Gasteiger partial charge in [0.25, 0.3) is 11.8 Å². The van der Waals surface area contributed by atoms with Crippen LogP contribution >= 0.6 is 0 Å². The van der Waals surface area contributed by atoms with Crippen LogP contribution in [0.3, 0.4) is 0 Å². The van der Waals surface area contributed by atoms with Crippen LogP contribution in [0.2, 0.25) is 0 Å². The number of rotatable bonds is 8. The van der Waals surface area contributed by atoms with E-state index in [9.17, 15) is 19.2 Å². The van der Waals surface area contributed by atoms with Crippen molar-refractivity contribution in [3.8, 4) is 0 Å². The largest absolute Gasteiger partial charge is 0.467 e. The van der Waals surface area contributed by atoms with E-state index in [-0.39, 0.29) is 25.2 Å². The third-order valence-electron chi connectivity index (χ3n) is 3.92. The molecule has 2 heterocycles. The molecule has 4 amide bonds. The maximum Gasteiger partial charge on any atom is 0.321 e. The number of hydrogen-bond acceptors (Lipinski definition) is 7. The fourth-order valence-corrected chi connectivity index (χ4v) is 2.50. The van der Waals surface area contributed by atoms with Crippen LogP contribution in [0.5, 0.6) is 0 Å². The van der Waals surface area contributed by atoms with Crippen LogP contribution in [-0.2, 0) is 20.9 Å². The molecule has 0 aliphatic carbocycles. The van der Waals surface area contributed by atoms with E-state index in [1.54, 1.807) is 30.3 Å². The quantitative estimate of drug-likeness (QED) is 0.399. The number of para-hydroxylation sites is 1. The molecule has 0 bridgehead atoms. The Hall–Kier alpha value is -4.15. The predicted octanol–water partition coefficient (Wildman–Crippen LogP) is 0.845. The second-order valence-electron chi connectivity index (χ2n) is 6.09. The van der Waals surface area contributed by atoms with Gasteiger partial charge in [0.1, 0.15) is 5.76 Å². The van der Waals surface area contributed by atoms with E-state index >= 15 is 0 Å². The molecule has 11 heteroatoms. The molecule has 0 spiro atoms. The fraction of sp³-hybridized carbons (Fsp3) is 0.211. The number of furan rings is 1. The predicted molar refractivity (Wildman–Crippen MR) is 103 cm³/mol. The lowest BCUT2D eigenvalue weighted by Gasteiger charge is -2.07. The van der Waals surface area contributed by atoms with Gasteiger partial charge in [-0.15, -0.1) is 0 Å². The second kappa shape index (κ2) is 9.87. The van der Waals surface area contributed by atoms with Crippen molar-refractivity contribution in [1.82, 2.24) is 26.1 Å². The Balaban J connectivity index is 1.32. The summed E-state index contributed by atoms with van der Waals surface area (Å²) in [5.41, 5.74) is 0.945. The number of aromatic nitrogens is 2. The summed E-state index contributed by atoms with van der Waals surface area (Å²) in [6.07, 6.45) is 1.31. The van der Waals surface area contributed by atoms with Crippen molar-refractivity contribution in [3.63, 3.8) is 0 Å². The van der Waals surface area contributed by atoms with Crippen LogP contribution in [-0.4, -0.2) is 47.2 Å². The van der Waals surface area contributed by atoms with Crippen LogP contribution in [0.4, 0.5) is 4.79 Å². The molecule has 0 aliphatic heterocycles. The Morgan fingerprint density at radius 1 is 1.07 bits per heavy atom. The first-order chi connectivity index (χ1) is 14.5.